The van der Waals surface area contributed by atoms with Crippen molar-refractivity contribution in [3.05, 3.63) is 41.4 Å². The van der Waals surface area contributed by atoms with Crippen LogP contribution >= 0.6 is 35.3 Å². The van der Waals surface area contributed by atoms with Crippen molar-refractivity contribution in [3.63, 3.8) is 0 Å². The Morgan fingerprint density at radius 3 is 2.44 bits per heavy atom. The number of nitrogens with one attached hydrogen (secondary N) is 1. The molecule has 0 spiro atoms. The number of likely N-dealkylation sites (N-methyl/N-ethyl adjacent to an activating group) is 1. The van der Waals surface area contributed by atoms with Gasteiger partial charge in [0.1, 0.15) is 5.82 Å². The minimum absolute atomic E-state index is 0. The molecule has 4 heterocycles. The summed E-state index contributed by atoms with van der Waals surface area (Å²) in [5.74, 6) is 2.10. The van der Waals surface area contributed by atoms with E-state index in [0.29, 0.717) is 6.54 Å². The zero-order valence-corrected chi connectivity index (χ0v) is 22.4. The van der Waals surface area contributed by atoms with Gasteiger partial charge >= 0.3 is 0 Å². The van der Waals surface area contributed by atoms with E-state index in [2.05, 4.69) is 73.4 Å². The molecule has 2 aromatic rings. The highest BCUT2D eigenvalue weighted by atomic mass is 127. The van der Waals surface area contributed by atoms with E-state index in [1.54, 1.807) is 0 Å². The Labute approximate surface area is 213 Å². The highest BCUT2D eigenvalue weighted by molar-refractivity contribution is 14.0. The number of guanidine groups is 1. The number of hydrogen-bond donors (Lipinski definition) is 1. The Hall–Kier alpha value is -1.59. The molecule has 0 atom stereocenters. The Bertz CT molecular complexity index is 829. The Balaban J connectivity index is 0.00000289. The van der Waals surface area contributed by atoms with Gasteiger partial charge in [-0.3, -0.25) is 0 Å². The molecule has 9 heteroatoms. The summed E-state index contributed by atoms with van der Waals surface area (Å²) in [5.41, 5.74) is 1.22. The van der Waals surface area contributed by atoms with E-state index in [-0.39, 0.29) is 24.0 Å². The van der Waals surface area contributed by atoms with Gasteiger partial charge in [0.05, 0.1) is 11.5 Å². The van der Waals surface area contributed by atoms with Crippen LogP contribution in [0.1, 0.15) is 19.4 Å². The summed E-state index contributed by atoms with van der Waals surface area (Å²) in [6.07, 6.45) is 1.93. The standard InChI is InChI=1S/C23H35N7S.HI/c1-3-24-23(30-15-13-29(14-16-30)22-6-5-17-31-22)26-19-20-7-8-25-21(18-20)28-11-9-27(4-2)10-12-28;/h5-8,17-18H,3-4,9-16,19H2,1-2H3,(H,24,26);1H. The van der Waals surface area contributed by atoms with Crippen molar-refractivity contribution in [2.45, 2.75) is 20.4 Å². The van der Waals surface area contributed by atoms with Gasteiger partial charge < -0.3 is 24.9 Å². The second-order valence-corrected chi connectivity index (χ2v) is 8.97. The monoisotopic (exact) mass is 569 g/mol. The molecule has 4 rings (SSSR count). The van der Waals surface area contributed by atoms with E-state index < -0.39 is 0 Å². The van der Waals surface area contributed by atoms with E-state index in [9.17, 15) is 0 Å². The topological polar surface area (TPSA) is 50.2 Å². The minimum Gasteiger partial charge on any atom is -0.360 e. The van der Waals surface area contributed by atoms with Gasteiger partial charge in [0.25, 0.3) is 0 Å². The molecule has 0 aromatic carbocycles. The maximum Gasteiger partial charge on any atom is 0.194 e. The van der Waals surface area contributed by atoms with Crippen LogP contribution in [-0.4, -0.2) is 86.2 Å². The lowest BCUT2D eigenvalue weighted by Crippen LogP contribution is -2.52. The summed E-state index contributed by atoms with van der Waals surface area (Å²) in [7, 11) is 0. The number of nitrogens with zero attached hydrogens (tertiary/aromatic N) is 6. The molecule has 2 aromatic heterocycles. The average Bonchev–Trinajstić information content (AvgIpc) is 3.37. The first-order chi connectivity index (χ1) is 15.3. The third-order valence-corrected chi connectivity index (χ3v) is 7.03. The maximum absolute atomic E-state index is 4.97. The van der Waals surface area contributed by atoms with Crippen LogP contribution < -0.4 is 15.1 Å². The average molecular weight is 570 g/mol. The van der Waals surface area contributed by atoms with Gasteiger partial charge in [0, 0.05) is 65.1 Å². The fourth-order valence-corrected chi connectivity index (χ4v) is 4.99. The summed E-state index contributed by atoms with van der Waals surface area (Å²) in [5, 5.41) is 7.01. The number of rotatable bonds is 6. The highest BCUT2D eigenvalue weighted by Crippen LogP contribution is 2.22. The van der Waals surface area contributed by atoms with Crippen LogP contribution in [0.2, 0.25) is 0 Å². The smallest absolute Gasteiger partial charge is 0.194 e. The largest absolute Gasteiger partial charge is 0.360 e. The summed E-state index contributed by atoms with van der Waals surface area (Å²) in [6, 6.07) is 8.64. The normalized spacial score (nSPS) is 17.9. The number of halogens is 1. The first kappa shape index (κ1) is 25.0. The van der Waals surface area contributed by atoms with Crippen molar-refractivity contribution in [1.82, 2.24) is 20.1 Å². The Kier molecular flexibility index (Phi) is 9.86. The quantitative estimate of drug-likeness (QED) is 0.328. The van der Waals surface area contributed by atoms with Crippen LogP contribution in [0.5, 0.6) is 0 Å². The fraction of sp³-hybridized carbons (Fsp3) is 0.565. The van der Waals surface area contributed by atoms with Crippen LogP contribution in [0.4, 0.5) is 10.8 Å². The second-order valence-electron chi connectivity index (χ2n) is 8.04. The molecule has 2 fully saturated rings. The highest BCUT2D eigenvalue weighted by Gasteiger charge is 2.20. The van der Waals surface area contributed by atoms with Crippen LogP contribution in [-0.2, 0) is 6.54 Å². The molecule has 0 saturated carbocycles. The Morgan fingerprint density at radius 1 is 1.03 bits per heavy atom. The lowest BCUT2D eigenvalue weighted by atomic mass is 10.2. The SMILES string of the molecule is CCNC(=NCc1ccnc(N2CCN(CC)CC2)c1)N1CCN(c2cccs2)CC1.I. The molecule has 7 nitrogen and oxygen atoms in total. The van der Waals surface area contributed by atoms with Gasteiger partial charge in [0.2, 0.25) is 0 Å². The van der Waals surface area contributed by atoms with Crippen molar-refractivity contribution in [2.24, 2.45) is 4.99 Å². The van der Waals surface area contributed by atoms with Crippen molar-refractivity contribution >= 4 is 52.1 Å². The van der Waals surface area contributed by atoms with Gasteiger partial charge in [-0.15, -0.1) is 35.3 Å². The number of aromatic nitrogens is 1. The number of piperazine rings is 2. The van der Waals surface area contributed by atoms with Gasteiger partial charge in [-0.2, -0.15) is 0 Å². The first-order valence-electron chi connectivity index (χ1n) is 11.5. The molecule has 0 amide bonds. The van der Waals surface area contributed by atoms with Crippen LogP contribution in [0, 0.1) is 0 Å². The zero-order valence-electron chi connectivity index (χ0n) is 19.2. The van der Waals surface area contributed by atoms with E-state index >= 15 is 0 Å². The van der Waals surface area contributed by atoms with Crippen molar-refractivity contribution in [3.8, 4) is 0 Å². The van der Waals surface area contributed by atoms with E-state index in [0.717, 1.165) is 77.2 Å². The Morgan fingerprint density at radius 2 is 1.78 bits per heavy atom. The molecule has 2 saturated heterocycles. The van der Waals surface area contributed by atoms with Crippen LogP contribution in [0.15, 0.2) is 40.8 Å². The fourth-order valence-electron chi connectivity index (χ4n) is 4.21. The molecular formula is C23H36IN7S. The van der Waals surface area contributed by atoms with Crippen LogP contribution in [0.25, 0.3) is 0 Å². The molecule has 1 N–H and O–H groups in total. The van der Waals surface area contributed by atoms with Crippen LogP contribution in [0.3, 0.4) is 0 Å². The third kappa shape index (κ3) is 6.48. The predicted molar refractivity (Wildman–Crippen MR) is 147 cm³/mol. The molecular weight excluding hydrogens is 533 g/mol. The molecule has 0 bridgehead atoms. The molecule has 2 aliphatic rings. The van der Waals surface area contributed by atoms with Gasteiger partial charge in [0.15, 0.2) is 5.96 Å². The molecule has 0 unspecified atom stereocenters. The van der Waals surface area contributed by atoms with E-state index in [4.69, 9.17) is 4.99 Å². The number of thiophene rings is 1. The number of pyridine rings is 1. The third-order valence-electron chi connectivity index (χ3n) is 6.10. The minimum atomic E-state index is 0. The number of anilines is 2. The zero-order chi connectivity index (χ0) is 21.5. The summed E-state index contributed by atoms with van der Waals surface area (Å²) < 4.78 is 0. The van der Waals surface area contributed by atoms with Gasteiger partial charge in [-0.1, -0.05) is 6.92 Å². The summed E-state index contributed by atoms with van der Waals surface area (Å²) in [6.45, 7) is 15.4. The molecule has 0 radical (unpaired) electrons. The van der Waals surface area contributed by atoms with Gasteiger partial charge in [-0.25, -0.2) is 9.98 Å². The molecule has 176 valence electrons. The lowest BCUT2D eigenvalue weighted by Gasteiger charge is -2.37. The van der Waals surface area contributed by atoms with E-state index in [1.807, 2.05) is 17.5 Å². The molecule has 2 aliphatic heterocycles. The van der Waals surface area contributed by atoms with Gasteiger partial charge in [-0.05, 0) is 48.7 Å². The summed E-state index contributed by atoms with van der Waals surface area (Å²) >= 11 is 1.82. The second kappa shape index (κ2) is 12.6. The first-order valence-corrected chi connectivity index (χ1v) is 12.4. The summed E-state index contributed by atoms with van der Waals surface area (Å²) in [4.78, 5) is 19.3. The van der Waals surface area contributed by atoms with Crippen molar-refractivity contribution < 1.29 is 0 Å². The number of aliphatic imine (C=N–C) groups is 1. The molecule has 32 heavy (non-hydrogen) atoms. The van der Waals surface area contributed by atoms with Crippen molar-refractivity contribution in [1.29, 1.82) is 0 Å². The molecule has 0 aliphatic carbocycles. The maximum atomic E-state index is 4.97. The number of hydrogen-bond acceptors (Lipinski definition) is 6. The predicted octanol–water partition coefficient (Wildman–Crippen LogP) is 3.19. The lowest BCUT2D eigenvalue weighted by molar-refractivity contribution is 0.270. The van der Waals surface area contributed by atoms with E-state index in [1.165, 1.54) is 10.6 Å². The van der Waals surface area contributed by atoms with Crippen molar-refractivity contribution in [2.75, 3.05) is 75.2 Å².